The van der Waals surface area contributed by atoms with Crippen LogP contribution in [0.5, 0.6) is 5.75 Å². The molecule has 1 aromatic rings. The normalized spacial score (nSPS) is 22.5. The molecular weight excluding hydrogens is 262 g/mol. The molecule has 2 N–H and O–H groups in total. The monoisotopic (exact) mass is 289 g/mol. The van der Waals surface area contributed by atoms with Crippen molar-refractivity contribution in [2.75, 3.05) is 51.0 Å². The van der Waals surface area contributed by atoms with E-state index in [1.165, 1.54) is 44.5 Å². The van der Waals surface area contributed by atoms with Crippen LogP contribution < -0.4 is 15.4 Å². The Kier molecular flexibility index (Phi) is 3.98. The summed E-state index contributed by atoms with van der Waals surface area (Å²) in [7, 11) is 3.96. The summed E-state index contributed by atoms with van der Waals surface area (Å²) >= 11 is 0. The molecule has 0 radical (unpaired) electrons. The highest BCUT2D eigenvalue weighted by Gasteiger charge is 2.37. The second-order valence-corrected chi connectivity index (χ2v) is 6.72. The number of piperidine rings is 2. The van der Waals surface area contributed by atoms with Gasteiger partial charge in [-0.15, -0.1) is 0 Å². The molecule has 2 fully saturated rings. The number of hydrogen-bond donors (Lipinski definition) is 1. The first-order chi connectivity index (χ1) is 10.1. The molecule has 116 valence electrons. The predicted molar refractivity (Wildman–Crippen MR) is 88.0 cm³/mol. The van der Waals surface area contributed by atoms with Gasteiger partial charge in [-0.3, -0.25) is 0 Å². The lowest BCUT2D eigenvalue weighted by Gasteiger charge is -2.47. The average Bonchev–Trinajstić information content (AvgIpc) is 2.51. The Morgan fingerprint density at radius 1 is 1.05 bits per heavy atom. The third-order valence-electron chi connectivity index (χ3n) is 5.42. The van der Waals surface area contributed by atoms with Crippen LogP contribution in [0.15, 0.2) is 18.2 Å². The molecule has 0 unspecified atom stereocenters. The van der Waals surface area contributed by atoms with Gasteiger partial charge in [0.1, 0.15) is 5.75 Å². The number of rotatable bonds is 2. The molecule has 0 aliphatic carbocycles. The number of likely N-dealkylation sites (tertiary alicyclic amines) is 1. The summed E-state index contributed by atoms with van der Waals surface area (Å²) in [6, 6.07) is 5.99. The maximum absolute atomic E-state index is 5.85. The summed E-state index contributed by atoms with van der Waals surface area (Å²) in [5.74, 6) is 0.898. The highest BCUT2D eigenvalue weighted by molar-refractivity contribution is 5.64. The number of ether oxygens (including phenoxy) is 1. The maximum atomic E-state index is 5.85. The number of hydrogen-bond acceptors (Lipinski definition) is 4. The zero-order chi connectivity index (χ0) is 14.9. The first-order valence-corrected chi connectivity index (χ1v) is 7.99. The van der Waals surface area contributed by atoms with Crippen LogP contribution in [0.2, 0.25) is 0 Å². The molecule has 1 spiro atoms. The van der Waals surface area contributed by atoms with E-state index >= 15 is 0 Å². The minimum Gasteiger partial charge on any atom is -0.495 e. The van der Waals surface area contributed by atoms with E-state index in [4.69, 9.17) is 10.5 Å². The van der Waals surface area contributed by atoms with Gasteiger partial charge in [0.2, 0.25) is 0 Å². The zero-order valence-corrected chi connectivity index (χ0v) is 13.3. The quantitative estimate of drug-likeness (QED) is 0.850. The molecule has 0 amide bonds. The third-order valence-corrected chi connectivity index (χ3v) is 5.42. The fourth-order valence-electron chi connectivity index (χ4n) is 3.77. The molecule has 2 heterocycles. The minimum atomic E-state index is 0.587. The van der Waals surface area contributed by atoms with Crippen molar-refractivity contribution in [1.82, 2.24) is 4.90 Å². The van der Waals surface area contributed by atoms with Gasteiger partial charge in [0.05, 0.1) is 12.8 Å². The molecule has 1 aromatic carbocycles. The van der Waals surface area contributed by atoms with E-state index < -0.39 is 0 Å². The van der Waals surface area contributed by atoms with E-state index in [1.807, 2.05) is 12.1 Å². The van der Waals surface area contributed by atoms with Crippen LogP contribution in [0.25, 0.3) is 0 Å². The van der Waals surface area contributed by atoms with Crippen LogP contribution in [0, 0.1) is 5.41 Å². The Morgan fingerprint density at radius 3 is 2.29 bits per heavy atom. The van der Waals surface area contributed by atoms with Crippen LogP contribution >= 0.6 is 0 Å². The first-order valence-electron chi connectivity index (χ1n) is 7.99. The molecule has 3 rings (SSSR count). The third kappa shape index (κ3) is 2.95. The van der Waals surface area contributed by atoms with E-state index in [-0.39, 0.29) is 0 Å². The number of benzene rings is 1. The van der Waals surface area contributed by atoms with E-state index in [1.54, 1.807) is 7.11 Å². The standard InChI is InChI=1S/C17H27N3O/c1-19-9-5-17(6-10-19)7-11-20(12-8-17)15-4-3-14(18)13-16(15)21-2/h3-4,13H,5-12,18H2,1-2H3. The Labute approximate surface area is 127 Å². The number of nitrogen functional groups attached to an aromatic ring is 1. The van der Waals surface area contributed by atoms with Crippen molar-refractivity contribution >= 4 is 11.4 Å². The molecule has 0 aromatic heterocycles. The number of methoxy groups -OCH3 is 1. The molecular formula is C17H27N3O. The van der Waals surface area contributed by atoms with Gasteiger partial charge >= 0.3 is 0 Å². The lowest BCUT2D eigenvalue weighted by atomic mass is 9.71. The number of nitrogens with two attached hydrogens (primary N) is 1. The van der Waals surface area contributed by atoms with E-state index in [2.05, 4.69) is 22.9 Å². The molecule has 4 heteroatoms. The largest absolute Gasteiger partial charge is 0.495 e. The molecule has 0 bridgehead atoms. The van der Waals surface area contributed by atoms with Gasteiger partial charge < -0.3 is 20.3 Å². The molecule has 4 nitrogen and oxygen atoms in total. The Balaban J connectivity index is 1.68. The van der Waals surface area contributed by atoms with Gasteiger partial charge in [0.15, 0.2) is 0 Å². The molecule has 2 aliphatic rings. The van der Waals surface area contributed by atoms with Gasteiger partial charge in [-0.05, 0) is 63.4 Å². The van der Waals surface area contributed by atoms with Crippen molar-refractivity contribution < 1.29 is 4.74 Å². The summed E-state index contributed by atoms with van der Waals surface area (Å²) in [5.41, 5.74) is 8.39. The molecule has 21 heavy (non-hydrogen) atoms. The smallest absolute Gasteiger partial charge is 0.144 e. The SMILES string of the molecule is COc1cc(N)ccc1N1CCC2(CCN(C)CC2)CC1. The fraction of sp³-hybridized carbons (Fsp3) is 0.647. The van der Waals surface area contributed by atoms with Crippen LogP contribution in [0.3, 0.4) is 0 Å². The highest BCUT2D eigenvalue weighted by Crippen LogP contribution is 2.43. The van der Waals surface area contributed by atoms with Crippen molar-refractivity contribution in [3.8, 4) is 5.75 Å². The Morgan fingerprint density at radius 2 is 1.67 bits per heavy atom. The summed E-state index contributed by atoms with van der Waals surface area (Å²) in [5, 5.41) is 0. The lowest BCUT2D eigenvalue weighted by molar-refractivity contribution is 0.0944. The van der Waals surface area contributed by atoms with Gasteiger partial charge in [0.25, 0.3) is 0 Å². The van der Waals surface area contributed by atoms with E-state index in [0.717, 1.165) is 24.5 Å². The van der Waals surface area contributed by atoms with Gasteiger partial charge in [-0.25, -0.2) is 0 Å². The van der Waals surface area contributed by atoms with Crippen molar-refractivity contribution in [1.29, 1.82) is 0 Å². The number of nitrogens with zero attached hydrogens (tertiary/aromatic N) is 2. The summed E-state index contributed by atoms with van der Waals surface area (Å²) in [6.45, 7) is 4.77. The molecule has 0 saturated carbocycles. The zero-order valence-electron chi connectivity index (χ0n) is 13.3. The molecule has 2 saturated heterocycles. The Bertz CT molecular complexity index is 485. The van der Waals surface area contributed by atoms with Crippen molar-refractivity contribution in [2.24, 2.45) is 5.41 Å². The van der Waals surface area contributed by atoms with Crippen LogP contribution in [-0.2, 0) is 0 Å². The molecule has 0 atom stereocenters. The summed E-state index contributed by atoms with van der Waals surface area (Å²) in [4.78, 5) is 4.92. The maximum Gasteiger partial charge on any atom is 0.144 e. The summed E-state index contributed by atoms with van der Waals surface area (Å²) < 4.78 is 5.50. The second-order valence-electron chi connectivity index (χ2n) is 6.72. The fourth-order valence-corrected chi connectivity index (χ4v) is 3.77. The first kappa shape index (κ1) is 14.5. The minimum absolute atomic E-state index is 0.587. The lowest BCUT2D eigenvalue weighted by Crippen LogP contribution is -2.46. The Hall–Kier alpha value is -1.42. The van der Waals surface area contributed by atoms with Crippen molar-refractivity contribution in [3.63, 3.8) is 0 Å². The predicted octanol–water partition coefficient (Wildman–Crippen LogP) is 2.59. The van der Waals surface area contributed by atoms with Gasteiger partial charge in [-0.2, -0.15) is 0 Å². The molecule has 2 aliphatic heterocycles. The number of anilines is 2. The summed E-state index contributed by atoms with van der Waals surface area (Å²) in [6.07, 6.45) is 5.31. The van der Waals surface area contributed by atoms with Crippen molar-refractivity contribution in [2.45, 2.75) is 25.7 Å². The topological polar surface area (TPSA) is 41.7 Å². The van der Waals surface area contributed by atoms with Gasteiger partial charge in [0, 0.05) is 24.8 Å². The second kappa shape index (κ2) is 5.76. The van der Waals surface area contributed by atoms with Crippen LogP contribution in [0.4, 0.5) is 11.4 Å². The average molecular weight is 289 g/mol. The van der Waals surface area contributed by atoms with Gasteiger partial charge in [-0.1, -0.05) is 0 Å². The van der Waals surface area contributed by atoms with E-state index in [9.17, 15) is 0 Å². The van der Waals surface area contributed by atoms with Crippen LogP contribution in [0.1, 0.15) is 25.7 Å². The highest BCUT2D eigenvalue weighted by atomic mass is 16.5. The van der Waals surface area contributed by atoms with Crippen molar-refractivity contribution in [3.05, 3.63) is 18.2 Å². The van der Waals surface area contributed by atoms with Crippen LogP contribution in [-0.4, -0.2) is 45.2 Å². The van der Waals surface area contributed by atoms with E-state index in [0.29, 0.717) is 5.41 Å².